The van der Waals surface area contributed by atoms with Gasteiger partial charge in [-0.25, -0.2) is 0 Å². The summed E-state index contributed by atoms with van der Waals surface area (Å²) >= 11 is 11.8. The molecule has 88 valence electrons. The largest absolute Gasteiger partial charge is 0.305 e. The molecule has 0 aromatic heterocycles. The van der Waals surface area contributed by atoms with Gasteiger partial charge in [0.25, 0.3) is 0 Å². The van der Waals surface area contributed by atoms with Gasteiger partial charge in [-0.1, -0.05) is 23.2 Å². The Hall–Kier alpha value is -0.570. The number of carbonyl (C=O) groups excluding carboxylic acids is 1. The Morgan fingerprint density at radius 2 is 1.94 bits per heavy atom. The van der Waals surface area contributed by atoms with Crippen LogP contribution in [0.25, 0.3) is 0 Å². The number of nitrogens with one attached hydrogen (secondary N) is 1. The molecule has 0 amide bonds. The van der Waals surface area contributed by atoms with Gasteiger partial charge in [-0.2, -0.15) is 0 Å². The topological polar surface area (TPSA) is 29.1 Å². The number of hydrogen-bond donors (Lipinski definition) is 1. The van der Waals surface area contributed by atoms with E-state index < -0.39 is 0 Å². The van der Waals surface area contributed by atoms with Gasteiger partial charge in [-0.15, -0.1) is 0 Å². The Bertz CT molecular complexity index is 396. The first-order valence-electron chi connectivity index (χ1n) is 5.03. The highest BCUT2D eigenvalue weighted by atomic mass is 35.5. The average Bonchev–Trinajstić information content (AvgIpc) is 2.17. The smallest absolute Gasteiger partial charge is 0.178 e. The Morgan fingerprint density at radius 1 is 1.31 bits per heavy atom. The SMILES string of the molecule is CC(C)(C)NCC(=O)c1cc(Cl)ccc1Cl. The zero-order chi connectivity index (χ0) is 12.3. The van der Waals surface area contributed by atoms with Crippen LogP contribution in [0.4, 0.5) is 0 Å². The van der Waals surface area contributed by atoms with Gasteiger partial charge in [0.05, 0.1) is 11.6 Å². The second kappa shape index (κ2) is 5.17. The van der Waals surface area contributed by atoms with Crippen LogP contribution in [-0.2, 0) is 0 Å². The predicted octanol–water partition coefficient (Wildman–Crippen LogP) is 3.56. The quantitative estimate of drug-likeness (QED) is 0.842. The van der Waals surface area contributed by atoms with Gasteiger partial charge in [-0.05, 0) is 39.0 Å². The Labute approximate surface area is 106 Å². The molecule has 2 nitrogen and oxygen atoms in total. The molecule has 4 heteroatoms. The van der Waals surface area contributed by atoms with Crippen molar-refractivity contribution in [2.24, 2.45) is 0 Å². The van der Waals surface area contributed by atoms with E-state index in [1.807, 2.05) is 20.8 Å². The van der Waals surface area contributed by atoms with Gasteiger partial charge < -0.3 is 5.32 Å². The maximum absolute atomic E-state index is 11.9. The van der Waals surface area contributed by atoms with Gasteiger partial charge in [0.1, 0.15) is 0 Å². The molecular formula is C12H15Cl2NO. The van der Waals surface area contributed by atoms with Crippen LogP contribution >= 0.6 is 23.2 Å². The number of ketones is 1. The van der Waals surface area contributed by atoms with Crippen molar-refractivity contribution in [2.45, 2.75) is 26.3 Å². The van der Waals surface area contributed by atoms with Crippen molar-refractivity contribution in [2.75, 3.05) is 6.54 Å². The summed E-state index contributed by atoms with van der Waals surface area (Å²) in [6, 6.07) is 4.89. The maximum atomic E-state index is 11.9. The molecule has 0 unspecified atom stereocenters. The molecule has 0 spiro atoms. The number of benzene rings is 1. The fourth-order valence-corrected chi connectivity index (χ4v) is 1.55. The van der Waals surface area contributed by atoms with Crippen LogP contribution in [0.1, 0.15) is 31.1 Å². The molecule has 0 aliphatic carbocycles. The fourth-order valence-electron chi connectivity index (χ4n) is 1.15. The summed E-state index contributed by atoms with van der Waals surface area (Å²) in [6.07, 6.45) is 0. The van der Waals surface area contributed by atoms with E-state index in [0.717, 1.165) is 0 Å². The van der Waals surface area contributed by atoms with Gasteiger partial charge >= 0.3 is 0 Å². The van der Waals surface area contributed by atoms with Crippen molar-refractivity contribution >= 4 is 29.0 Å². The molecule has 0 radical (unpaired) electrons. The highest BCUT2D eigenvalue weighted by molar-refractivity contribution is 6.36. The highest BCUT2D eigenvalue weighted by Crippen LogP contribution is 2.20. The average molecular weight is 260 g/mol. The van der Waals surface area contributed by atoms with Crippen LogP contribution < -0.4 is 5.32 Å². The molecular weight excluding hydrogens is 245 g/mol. The second-order valence-electron chi connectivity index (χ2n) is 4.65. The first-order chi connectivity index (χ1) is 7.29. The molecule has 0 saturated heterocycles. The molecule has 0 heterocycles. The van der Waals surface area contributed by atoms with Crippen molar-refractivity contribution in [3.05, 3.63) is 33.8 Å². The third kappa shape index (κ3) is 4.12. The summed E-state index contributed by atoms with van der Waals surface area (Å²) in [5.74, 6) is -0.0533. The minimum Gasteiger partial charge on any atom is -0.305 e. The zero-order valence-corrected chi connectivity index (χ0v) is 11.1. The lowest BCUT2D eigenvalue weighted by Crippen LogP contribution is -2.39. The second-order valence-corrected chi connectivity index (χ2v) is 5.49. The Morgan fingerprint density at radius 3 is 2.50 bits per heavy atom. The molecule has 0 saturated carbocycles. The van der Waals surface area contributed by atoms with Crippen LogP contribution in [0.15, 0.2) is 18.2 Å². The molecule has 1 aromatic rings. The maximum Gasteiger partial charge on any atom is 0.178 e. The van der Waals surface area contributed by atoms with Crippen LogP contribution in [0, 0.1) is 0 Å². The van der Waals surface area contributed by atoms with E-state index in [4.69, 9.17) is 23.2 Å². The van der Waals surface area contributed by atoms with Gasteiger partial charge in [0.2, 0.25) is 0 Å². The Balaban J connectivity index is 2.77. The molecule has 0 aliphatic rings. The standard InChI is InChI=1S/C12H15Cl2NO/c1-12(2,3)15-7-11(16)9-6-8(13)4-5-10(9)14/h4-6,15H,7H2,1-3H3. The van der Waals surface area contributed by atoms with E-state index in [-0.39, 0.29) is 17.9 Å². The fraction of sp³-hybridized carbons (Fsp3) is 0.417. The normalized spacial score (nSPS) is 11.6. The highest BCUT2D eigenvalue weighted by Gasteiger charge is 2.15. The first kappa shape index (κ1) is 13.5. The van der Waals surface area contributed by atoms with Crippen LogP contribution in [0.3, 0.4) is 0 Å². The number of halogens is 2. The molecule has 0 atom stereocenters. The molecule has 1 N–H and O–H groups in total. The summed E-state index contributed by atoms with van der Waals surface area (Å²) in [5.41, 5.74) is 0.367. The van der Waals surface area contributed by atoms with E-state index in [0.29, 0.717) is 15.6 Å². The van der Waals surface area contributed by atoms with Crippen LogP contribution in [0.2, 0.25) is 10.0 Å². The van der Waals surface area contributed by atoms with Crippen molar-refractivity contribution in [3.63, 3.8) is 0 Å². The molecule has 16 heavy (non-hydrogen) atoms. The van der Waals surface area contributed by atoms with E-state index in [9.17, 15) is 4.79 Å². The molecule has 0 fully saturated rings. The summed E-state index contributed by atoms with van der Waals surface area (Å²) in [5, 5.41) is 4.07. The van der Waals surface area contributed by atoms with Crippen LogP contribution in [-0.4, -0.2) is 17.9 Å². The van der Waals surface area contributed by atoms with Crippen molar-refractivity contribution in [1.82, 2.24) is 5.32 Å². The monoisotopic (exact) mass is 259 g/mol. The van der Waals surface area contributed by atoms with Gasteiger partial charge in [0, 0.05) is 16.1 Å². The van der Waals surface area contributed by atoms with E-state index in [2.05, 4.69) is 5.32 Å². The lowest BCUT2D eigenvalue weighted by molar-refractivity contribution is 0.0982. The first-order valence-corrected chi connectivity index (χ1v) is 5.78. The summed E-state index contributed by atoms with van der Waals surface area (Å²) in [7, 11) is 0. The van der Waals surface area contributed by atoms with Crippen molar-refractivity contribution < 1.29 is 4.79 Å². The molecule has 1 aromatic carbocycles. The zero-order valence-electron chi connectivity index (χ0n) is 9.60. The number of rotatable bonds is 3. The molecule has 1 rings (SSSR count). The minimum atomic E-state index is -0.0965. The lowest BCUT2D eigenvalue weighted by atomic mass is 10.1. The number of carbonyl (C=O) groups is 1. The van der Waals surface area contributed by atoms with E-state index in [1.54, 1.807) is 18.2 Å². The summed E-state index contributed by atoms with van der Waals surface area (Å²) in [4.78, 5) is 11.9. The molecule has 0 aliphatic heterocycles. The predicted molar refractivity (Wildman–Crippen MR) is 68.5 cm³/mol. The van der Waals surface area contributed by atoms with Crippen molar-refractivity contribution in [1.29, 1.82) is 0 Å². The van der Waals surface area contributed by atoms with Gasteiger partial charge in [0.15, 0.2) is 5.78 Å². The Kier molecular flexibility index (Phi) is 4.36. The summed E-state index contributed by atoms with van der Waals surface area (Å²) in [6.45, 7) is 6.25. The summed E-state index contributed by atoms with van der Waals surface area (Å²) < 4.78 is 0. The molecule has 0 bridgehead atoms. The third-order valence-corrected chi connectivity index (χ3v) is 2.57. The van der Waals surface area contributed by atoms with E-state index in [1.165, 1.54) is 0 Å². The van der Waals surface area contributed by atoms with E-state index >= 15 is 0 Å². The third-order valence-electron chi connectivity index (χ3n) is 2.01. The minimum absolute atomic E-state index is 0.0533. The van der Waals surface area contributed by atoms with Crippen LogP contribution in [0.5, 0.6) is 0 Å². The number of Topliss-reactive ketones (excluding diaryl/α,β-unsaturated/α-hetero) is 1. The van der Waals surface area contributed by atoms with Crippen molar-refractivity contribution in [3.8, 4) is 0 Å². The number of hydrogen-bond acceptors (Lipinski definition) is 2. The lowest BCUT2D eigenvalue weighted by Gasteiger charge is -2.20. The van der Waals surface area contributed by atoms with Gasteiger partial charge in [-0.3, -0.25) is 4.79 Å².